The molecular formula is C20H16F3IN2S2. The second-order valence-electron chi connectivity index (χ2n) is 6.18. The number of fused-ring (bicyclic) bond motifs is 2. The van der Waals surface area contributed by atoms with Crippen LogP contribution >= 0.6 is 23.1 Å². The van der Waals surface area contributed by atoms with Crippen LogP contribution in [0, 0.1) is 0 Å². The van der Waals surface area contributed by atoms with Crippen LogP contribution in [0.15, 0.2) is 70.1 Å². The summed E-state index contributed by atoms with van der Waals surface area (Å²) in [5, 5.41) is 1.12. The highest BCUT2D eigenvalue weighted by Gasteiger charge is 2.35. The van der Waals surface area contributed by atoms with Gasteiger partial charge in [-0.05, 0) is 24.3 Å². The largest absolute Gasteiger partial charge is 1.00 e. The number of alkyl halides is 3. The average Bonchev–Trinajstić information content (AvgIpc) is 3.12. The average molecular weight is 532 g/mol. The maximum absolute atomic E-state index is 13.8. The topological polar surface area (TPSA) is 7.12 Å². The standard InChI is InChI=1S/C20H16F3N2S2.HI/c1-24-14-7-3-5-9-16(14)26-18(24)11-13(20(21,22)23)12-19-25(2)15-8-4-6-10-17(15)27-19;/h3-12H,1-2H3;1H/q+1;/p-1. The molecule has 1 aliphatic heterocycles. The molecule has 0 saturated carbocycles. The summed E-state index contributed by atoms with van der Waals surface area (Å²) in [6.45, 7) is 0. The van der Waals surface area contributed by atoms with E-state index < -0.39 is 11.7 Å². The Kier molecular flexibility index (Phi) is 6.11. The number of thioether (sulfide) groups is 1. The number of halogens is 4. The molecule has 0 bridgehead atoms. The first-order chi connectivity index (χ1) is 12.8. The summed E-state index contributed by atoms with van der Waals surface area (Å²) in [6.07, 6.45) is -1.98. The van der Waals surface area contributed by atoms with Gasteiger partial charge in [0.05, 0.1) is 16.3 Å². The van der Waals surface area contributed by atoms with Crippen LogP contribution in [0.2, 0.25) is 0 Å². The molecule has 4 rings (SSSR count). The third-order valence-electron chi connectivity index (χ3n) is 4.43. The van der Waals surface area contributed by atoms with Gasteiger partial charge in [0.15, 0.2) is 0 Å². The molecule has 2 heterocycles. The van der Waals surface area contributed by atoms with Gasteiger partial charge in [0, 0.05) is 24.1 Å². The van der Waals surface area contributed by atoms with E-state index in [0.29, 0.717) is 10.0 Å². The van der Waals surface area contributed by atoms with Gasteiger partial charge in [-0.3, -0.25) is 0 Å². The van der Waals surface area contributed by atoms with E-state index in [1.165, 1.54) is 35.3 Å². The first-order valence-electron chi connectivity index (χ1n) is 8.23. The summed E-state index contributed by atoms with van der Waals surface area (Å²) in [4.78, 5) is 2.75. The van der Waals surface area contributed by atoms with Crippen molar-refractivity contribution in [3.63, 3.8) is 0 Å². The van der Waals surface area contributed by atoms with E-state index >= 15 is 0 Å². The number of rotatable bonds is 2. The number of aromatic nitrogens is 1. The van der Waals surface area contributed by atoms with Crippen LogP contribution in [0.4, 0.5) is 18.9 Å². The molecule has 1 aromatic heterocycles. The molecule has 2 nitrogen and oxygen atoms in total. The highest BCUT2D eigenvalue weighted by Crippen LogP contribution is 2.46. The SMILES string of the molecule is CN1C(=CC(=Cc2sc3ccccc3[n+]2C)C(F)(F)F)Sc2ccccc21.[I-]. The fraction of sp³-hybridized carbons (Fsp3) is 0.150. The van der Waals surface area contributed by atoms with E-state index in [-0.39, 0.29) is 24.0 Å². The molecule has 8 heteroatoms. The molecule has 2 aromatic carbocycles. The van der Waals surface area contributed by atoms with E-state index in [1.807, 2.05) is 48.5 Å². The molecule has 28 heavy (non-hydrogen) atoms. The van der Waals surface area contributed by atoms with Crippen molar-refractivity contribution >= 4 is 45.1 Å². The maximum atomic E-state index is 13.8. The lowest BCUT2D eigenvalue weighted by atomic mass is 10.2. The summed E-state index contributed by atoms with van der Waals surface area (Å²) >= 11 is 2.70. The molecule has 0 radical (unpaired) electrons. The number of hydrogen-bond donors (Lipinski definition) is 0. The van der Waals surface area contributed by atoms with Gasteiger partial charge in [-0.15, -0.1) is 0 Å². The number of thiazole rings is 1. The van der Waals surface area contributed by atoms with Gasteiger partial charge in [-0.25, -0.2) is 0 Å². The van der Waals surface area contributed by atoms with Crippen molar-refractivity contribution in [2.75, 3.05) is 11.9 Å². The minimum Gasteiger partial charge on any atom is -1.00 e. The minimum atomic E-state index is -4.44. The molecule has 0 fully saturated rings. The van der Waals surface area contributed by atoms with Gasteiger partial charge in [0.2, 0.25) is 5.52 Å². The third-order valence-corrected chi connectivity index (χ3v) is 6.76. The van der Waals surface area contributed by atoms with Gasteiger partial charge in [-0.1, -0.05) is 47.4 Å². The van der Waals surface area contributed by atoms with Crippen LogP contribution in [0.3, 0.4) is 0 Å². The van der Waals surface area contributed by atoms with Gasteiger partial charge < -0.3 is 28.9 Å². The first-order valence-corrected chi connectivity index (χ1v) is 9.86. The van der Waals surface area contributed by atoms with Crippen molar-refractivity contribution in [2.24, 2.45) is 7.05 Å². The second kappa shape index (κ2) is 8.08. The monoisotopic (exact) mass is 532 g/mol. The van der Waals surface area contributed by atoms with E-state index in [4.69, 9.17) is 0 Å². The highest BCUT2D eigenvalue weighted by atomic mass is 127. The van der Waals surface area contributed by atoms with Crippen molar-refractivity contribution in [1.82, 2.24) is 0 Å². The summed E-state index contributed by atoms with van der Waals surface area (Å²) in [7, 11) is 3.58. The molecule has 0 spiro atoms. The van der Waals surface area contributed by atoms with Gasteiger partial charge in [-0.2, -0.15) is 17.7 Å². The van der Waals surface area contributed by atoms with Crippen molar-refractivity contribution in [1.29, 1.82) is 0 Å². The second-order valence-corrected chi connectivity index (χ2v) is 8.30. The van der Waals surface area contributed by atoms with Gasteiger partial charge >= 0.3 is 6.18 Å². The van der Waals surface area contributed by atoms with Crippen LogP contribution in [-0.4, -0.2) is 13.2 Å². The van der Waals surface area contributed by atoms with E-state index in [1.54, 1.807) is 23.6 Å². The molecule has 0 saturated heterocycles. The Hall–Kier alpha value is -1.52. The number of anilines is 1. The molecule has 0 unspecified atom stereocenters. The molecule has 3 aromatic rings. The minimum absolute atomic E-state index is 0. The van der Waals surface area contributed by atoms with Crippen molar-refractivity contribution in [3.8, 4) is 0 Å². The Morgan fingerprint density at radius 3 is 2.43 bits per heavy atom. The van der Waals surface area contributed by atoms with Gasteiger partial charge in [0.25, 0.3) is 5.01 Å². The Balaban J connectivity index is 0.00000225. The Morgan fingerprint density at radius 1 is 1.07 bits per heavy atom. The normalized spacial score (nSPS) is 15.8. The number of para-hydroxylation sites is 2. The van der Waals surface area contributed by atoms with E-state index in [0.717, 1.165) is 20.8 Å². The number of allylic oxidation sites excluding steroid dienone is 2. The Labute approximate surface area is 186 Å². The smallest absolute Gasteiger partial charge is 0.416 e. The lowest BCUT2D eigenvalue weighted by molar-refractivity contribution is -0.642. The molecule has 0 aliphatic carbocycles. The lowest BCUT2D eigenvalue weighted by Crippen LogP contribution is -3.00. The number of benzene rings is 2. The quantitative estimate of drug-likeness (QED) is 0.371. The van der Waals surface area contributed by atoms with Crippen LogP contribution < -0.4 is 33.4 Å². The molecule has 0 amide bonds. The Morgan fingerprint density at radius 2 is 1.75 bits per heavy atom. The molecular weight excluding hydrogens is 516 g/mol. The summed E-state index contributed by atoms with van der Waals surface area (Å²) in [6, 6.07) is 15.2. The number of nitrogens with zero attached hydrogens (tertiary/aromatic N) is 2. The third kappa shape index (κ3) is 3.95. The fourth-order valence-corrected chi connectivity index (χ4v) is 5.17. The molecule has 146 valence electrons. The van der Waals surface area contributed by atoms with Crippen molar-refractivity contribution in [3.05, 3.63) is 70.2 Å². The molecule has 0 N–H and O–H groups in total. The van der Waals surface area contributed by atoms with Crippen molar-refractivity contribution < 1.29 is 41.7 Å². The van der Waals surface area contributed by atoms with E-state index in [2.05, 4.69) is 0 Å². The lowest BCUT2D eigenvalue weighted by Gasteiger charge is -2.15. The zero-order valence-corrected chi connectivity index (χ0v) is 18.8. The highest BCUT2D eigenvalue weighted by molar-refractivity contribution is 8.03. The number of aryl methyl sites for hydroxylation is 1. The summed E-state index contributed by atoms with van der Waals surface area (Å²) in [5.41, 5.74) is 1.18. The molecule has 1 aliphatic rings. The van der Waals surface area contributed by atoms with Crippen LogP contribution in [0.1, 0.15) is 5.01 Å². The predicted octanol–water partition coefficient (Wildman–Crippen LogP) is 2.76. The van der Waals surface area contributed by atoms with E-state index in [9.17, 15) is 13.2 Å². The summed E-state index contributed by atoms with van der Waals surface area (Å²) in [5.74, 6) is 0. The maximum Gasteiger partial charge on any atom is 0.416 e. The van der Waals surface area contributed by atoms with Crippen LogP contribution in [0.25, 0.3) is 16.3 Å². The molecule has 0 atom stereocenters. The Bertz CT molecular complexity index is 1090. The number of hydrogen-bond acceptors (Lipinski definition) is 3. The fourth-order valence-electron chi connectivity index (χ4n) is 2.96. The zero-order chi connectivity index (χ0) is 19.2. The van der Waals surface area contributed by atoms with Gasteiger partial charge in [0.1, 0.15) is 11.7 Å². The van der Waals surface area contributed by atoms with Crippen molar-refractivity contribution in [2.45, 2.75) is 11.1 Å². The summed E-state index contributed by atoms with van der Waals surface area (Å²) < 4.78 is 44.0. The van der Waals surface area contributed by atoms with Crippen LogP contribution in [0.5, 0.6) is 0 Å². The predicted molar refractivity (Wildman–Crippen MR) is 106 cm³/mol. The zero-order valence-electron chi connectivity index (χ0n) is 15.0. The van der Waals surface area contributed by atoms with Crippen LogP contribution in [-0.2, 0) is 7.05 Å². The first kappa shape index (κ1) is 21.2.